The number of ketones is 2. The summed E-state index contributed by atoms with van der Waals surface area (Å²) in [7, 11) is 2.54. The van der Waals surface area contributed by atoms with Gasteiger partial charge in [-0.1, -0.05) is 42.5 Å². The van der Waals surface area contributed by atoms with Crippen molar-refractivity contribution in [1.29, 1.82) is 0 Å². The van der Waals surface area contributed by atoms with Gasteiger partial charge in [0, 0.05) is 12.0 Å². The maximum absolute atomic E-state index is 12.7. The minimum absolute atomic E-state index is 0.0601. The Morgan fingerprint density at radius 3 is 2.27 bits per heavy atom. The normalized spacial score (nSPS) is 13.7. The standard InChI is InChI=1S/C23H20O7/c1-28-21-17(24)12-16(20(25)22(21)29-2)11-15-9-6-10-18(19(15)23(26)27)30-13-14-7-4-3-5-8-14/h3-10,12H,11,13H2,1-2H3,(H,26,27). The van der Waals surface area contributed by atoms with Crippen LogP contribution in [0.5, 0.6) is 5.75 Å². The summed E-state index contributed by atoms with van der Waals surface area (Å²) in [6, 6.07) is 14.1. The first-order valence-electron chi connectivity index (χ1n) is 9.10. The molecule has 0 amide bonds. The van der Waals surface area contributed by atoms with E-state index in [2.05, 4.69) is 0 Å². The summed E-state index contributed by atoms with van der Waals surface area (Å²) in [4.78, 5) is 36.9. The van der Waals surface area contributed by atoms with Crippen LogP contribution in [-0.2, 0) is 32.1 Å². The van der Waals surface area contributed by atoms with E-state index in [9.17, 15) is 19.5 Å². The Kier molecular flexibility index (Phi) is 6.32. The van der Waals surface area contributed by atoms with E-state index < -0.39 is 17.5 Å². The maximum Gasteiger partial charge on any atom is 0.339 e. The number of rotatable bonds is 8. The van der Waals surface area contributed by atoms with E-state index in [1.165, 1.54) is 14.2 Å². The molecule has 3 rings (SSSR count). The van der Waals surface area contributed by atoms with Crippen molar-refractivity contribution in [1.82, 2.24) is 0 Å². The van der Waals surface area contributed by atoms with Crippen molar-refractivity contribution in [3.05, 3.63) is 88.4 Å². The molecule has 2 aromatic rings. The van der Waals surface area contributed by atoms with Crippen molar-refractivity contribution in [2.75, 3.05) is 14.2 Å². The molecule has 1 N–H and O–H groups in total. The molecule has 0 unspecified atom stereocenters. The number of Topliss-reactive ketones (excluding diaryl/α,β-unsaturated/α-hetero) is 1. The molecule has 0 heterocycles. The molecule has 154 valence electrons. The number of carboxylic acid groups (broad SMARTS) is 1. The Bertz CT molecular complexity index is 1050. The van der Waals surface area contributed by atoms with Crippen molar-refractivity contribution < 1.29 is 33.7 Å². The lowest BCUT2D eigenvalue weighted by Crippen LogP contribution is -2.23. The number of ether oxygens (including phenoxy) is 3. The molecule has 1 aliphatic carbocycles. The third-order valence-electron chi connectivity index (χ3n) is 4.59. The number of allylic oxidation sites excluding steroid dienone is 2. The monoisotopic (exact) mass is 408 g/mol. The molecule has 0 bridgehead atoms. The highest BCUT2D eigenvalue weighted by atomic mass is 16.5. The molecule has 0 atom stereocenters. The maximum atomic E-state index is 12.7. The second-order valence-corrected chi connectivity index (χ2v) is 6.48. The highest BCUT2D eigenvalue weighted by Crippen LogP contribution is 2.28. The average Bonchev–Trinajstić information content (AvgIpc) is 2.74. The van der Waals surface area contributed by atoms with Crippen molar-refractivity contribution >= 4 is 17.5 Å². The molecule has 7 heteroatoms. The van der Waals surface area contributed by atoms with Gasteiger partial charge in [-0.05, 0) is 23.3 Å². The predicted octanol–water partition coefficient (Wildman–Crippen LogP) is 3.09. The molecule has 0 aliphatic heterocycles. The number of benzene rings is 2. The smallest absolute Gasteiger partial charge is 0.339 e. The number of hydrogen-bond acceptors (Lipinski definition) is 6. The fraction of sp³-hybridized carbons (Fsp3) is 0.174. The number of hydrogen-bond donors (Lipinski definition) is 1. The van der Waals surface area contributed by atoms with Crippen LogP contribution in [0.15, 0.2) is 71.7 Å². The van der Waals surface area contributed by atoms with Gasteiger partial charge in [0.2, 0.25) is 23.1 Å². The summed E-state index contributed by atoms with van der Waals surface area (Å²) >= 11 is 0. The average molecular weight is 408 g/mol. The third kappa shape index (κ3) is 4.25. The molecule has 1 aliphatic rings. The number of carbonyl (C=O) groups excluding carboxylic acids is 2. The molecular formula is C23H20O7. The zero-order valence-corrected chi connectivity index (χ0v) is 16.5. The minimum Gasteiger partial charge on any atom is -0.490 e. The Hall–Kier alpha value is -3.87. The van der Waals surface area contributed by atoms with Gasteiger partial charge >= 0.3 is 5.97 Å². The zero-order chi connectivity index (χ0) is 21.7. The topological polar surface area (TPSA) is 99.1 Å². The summed E-state index contributed by atoms with van der Waals surface area (Å²) in [5.41, 5.74) is 1.28. The van der Waals surface area contributed by atoms with Gasteiger partial charge in [0.1, 0.15) is 17.9 Å². The predicted molar refractivity (Wildman–Crippen MR) is 107 cm³/mol. The molecule has 0 aromatic heterocycles. The SMILES string of the molecule is COC1=C(OC)C(=O)C(Cc2cccc(OCc3ccccc3)c2C(=O)O)=CC1=O. The van der Waals surface area contributed by atoms with E-state index in [0.29, 0.717) is 5.56 Å². The summed E-state index contributed by atoms with van der Waals surface area (Å²) in [5.74, 6) is -2.43. The lowest BCUT2D eigenvalue weighted by atomic mass is 9.92. The van der Waals surface area contributed by atoms with Gasteiger partial charge in [-0.2, -0.15) is 0 Å². The first kappa shape index (κ1) is 20.9. The van der Waals surface area contributed by atoms with Gasteiger partial charge in [-0.25, -0.2) is 4.79 Å². The van der Waals surface area contributed by atoms with Crippen molar-refractivity contribution in [2.45, 2.75) is 13.0 Å². The summed E-state index contributed by atoms with van der Waals surface area (Å²) in [6.07, 6.45) is 1.07. The number of aromatic carboxylic acids is 1. The molecule has 0 saturated carbocycles. The van der Waals surface area contributed by atoms with Crippen LogP contribution < -0.4 is 4.74 Å². The van der Waals surface area contributed by atoms with Crippen LogP contribution in [0.1, 0.15) is 21.5 Å². The van der Waals surface area contributed by atoms with Gasteiger partial charge in [0.15, 0.2) is 0 Å². The summed E-state index contributed by atoms with van der Waals surface area (Å²) < 4.78 is 15.7. The second-order valence-electron chi connectivity index (χ2n) is 6.48. The van der Waals surface area contributed by atoms with Gasteiger partial charge in [-0.15, -0.1) is 0 Å². The van der Waals surface area contributed by atoms with Gasteiger partial charge in [-0.3, -0.25) is 9.59 Å². The quantitative estimate of drug-likeness (QED) is 0.670. The van der Waals surface area contributed by atoms with Crippen LogP contribution in [-0.4, -0.2) is 36.9 Å². The lowest BCUT2D eigenvalue weighted by molar-refractivity contribution is -0.120. The largest absolute Gasteiger partial charge is 0.490 e. The Morgan fingerprint density at radius 2 is 1.63 bits per heavy atom. The second kappa shape index (κ2) is 9.09. The molecular weight excluding hydrogens is 388 g/mol. The highest BCUT2D eigenvalue weighted by molar-refractivity contribution is 6.21. The Morgan fingerprint density at radius 1 is 0.933 bits per heavy atom. The van der Waals surface area contributed by atoms with Crippen LogP contribution in [0.25, 0.3) is 0 Å². The van der Waals surface area contributed by atoms with Crippen LogP contribution in [0, 0.1) is 0 Å². The number of carbonyl (C=O) groups is 3. The Labute approximate surface area is 173 Å². The fourth-order valence-corrected chi connectivity index (χ4v) is 3.19. The molecule has 0 saturated heterocycles. The fourth-order valence-electron chi connectivity index (χ4n) is 3.19. The summed E-state index contributed by atoms with van der Waals surface area (Å²) in [6.45, 7) is 0.193. The van der Waals surface area contributed by atoms with Crippen molar-refractivity contribution in [3.8, 4) is 5.75 Å². The molecule has 0 fully saturated rings. The van der Waals surface area contributed by atoms with Gasteiger partial charge in [0.05, 0.1) is 14.2 Å². The van der Waals surface area contributed by atoms with Gasteiger partial charge in [0.25, 0.3) is 0 Å². The zero-order valence-electron chi connectivity index (χ0n) is 16.5. The lowest BCUT2D eigenvalue weighted by Gasteiger charge is -2.18. The third-order valence-corrected chi connectivity index (χ3v) is 4.59. The molecule has 2 aromatic carbocycles. The number of carboxylic acids is 1. The van der Waals surface area contributed by atoms with Crippen LogP contribution >= 0.6 is 0 Å². The number of methoxy groups -OCH3 is 2. The van der Waals surface area contributed by atoms with Crippen molar-refractivity contribution in [2.24, 2.45) is 0 Å². The first-order valence-corrected chi connectivity index (χ1v) is 9.10. The first-order chi connectivity index (χ1) is 14.5. The van der Waals surface area contributed by atoms with Crippen LogP contribution in [0.3, 0.4) is 0 Å². The van der Waals surface area contributed by atoms with E-state index in [1.807, 2.05) is 30.3 Å². The molecule has 0 spiro atoms. The van der Waals surface area contributed by atoms with Crippen LogP contribution in [0.4, 0.5) is 0 Å². The van der Waals surface area contributed by atoms with Crippen molar-refractivity contribution in [3.63, 3.8) is 0 Å². The Balaban J connectivity index is 1.90. The summed E-state index contributed by atoms with van der Waals surface area (Å²) in [5, 5.41) is 9.76. The van der Waals surface area contributed by atoms with E-state index >= 15 is 0 Å². The van der Waals surface area contributed by atoms with Crippen LogP contribution in [0.2, 0.25) is 0 Å². The molecule has 7 nitrogen and oxygen atoms in total. The van der Waals surface area contributed by atoms with E-state index in [-0.39, 0.29) is 41.4 Å². The van der Waals surface area contributed by atoms with E-state index in [4.69, 9.17) is 14.2 Å². The van der Waals surface area contributed by atoms with Gasteiger partial charge < -0.3 is 19.3 Å². The minimum atomic E-state index is -1.19. The van der Waals surface area contributed by atoms with E-state index in [1.54, 1.807) is 18.2 Å². The highest BCUT2D eigenvalue weighted by Gasteiger charge is 2.31. The molecule has 30 heavy (non-hydrogen) atoms. The molecule has 0 radical (unpaired) electrons. The van der Waals surface area contributed by atoms with E-state index in [0.717, 1.165) is 11.6 Å².